The number of carboxylic acids is 2. The Morgan fingerprint density at radius 3 is 1.15 bits per heavy atom. The van der Waals surface area contributed by atoms with Gasteiger partial charge in [-0.25, -0.2) is 0 Å². The van der Waals surface area contributed by atoms with Crippen molar-refractivity contribution in [2.45, 2.75) is 129 Å². The van der Waals surface area contributed by atoms with E-state index in [0.29, 0.717) is 24.0 Å². The highest BCUT2D eigenvalue weighted by Crippen LogP contribution is 2.33. The Bertz CT molecular complexity index is 636. The zero-order chi connectivity index (χ0) is 25.3. The quantitative estimate of drug-likeness (QED) is 0.185. The van der Waals surface area contributed by atoms with E-state index in [4.69, 9.17) is 0 Å². The number of rotatable bonds is 20. The SMILES string of the molecule is CC(C)CCCCCCCC(C(=O)O)c1ccccc1C(CCCCCCCC(C)C)C(=O)O. The van der Waals surface area contributed by atoms with Crippen LogP contribution in [0.15, 0.2) is 24.3 Å². The monoisotopic (exact) mass is 474 g/mol. The van der Waals surface area contributed by atoms with E-state index in [1.165, 1.54) is 38.5 Å². The number of unbranched alkanes of at least 4 members (excludes halogenated alkanes) is 8. The lowest BCUT2D eigenvalue weighted by Gasteiger charge is -2.21. The minimum absolute atomic E-state index is 0.568. The molecule has 4 heteroatoms. The van der Waals surface area contributed by atoms with E-state index >= 15 is 0 Å². The molecule has 0 spiro atoms. The second-order valence-electron chi connectivity index (χ2n) is 10.9. The zero-order valence-electron chi connectivity index (χ0n) is 22.2. The van der Waals surface area contributed by atoms with Gasteiger partial charge in [0.2, 0.25) is 0 Å². The molecular formula is C30H50O4. The van der Waals surface area contributed by atoms with E-state index in [0.717, 1.165) is 50.4 Å². The largest absolute Gasteiger partial charge is 0.481 e. The predicted molar refractivity (Wildman–Crippen MR) is 142 cm³/mol. The lowest BCUT2D eigenvalue weighted by atomic mass is 9.83. The molecule has 1 aromatic rings. The molecule has 34 heavy (non-hydrogen) atoms. The molecule has 4 nitrogen and oxygen atoms in total. The lowest BCUT2D eigenvalue weighted by molar-refractivity contribution is -0.140. The highest BCUT2D eigenvalue weighted by Gasteiger charge is 2.28. The minimum atomic E-state index is -0.846. The Morgan fingerprint density at radius 1 is 0.559 bits per heavy atom. The van der Waals surface area contributed by atoms with E-state index in [9.17, 15) is 19.8 Å². The predicted octanol–water partition coefficient (Wildman–Crippen LogP) is 8.80. The summed E-state index contributed by atoms with van der Waals surface area (Å²) in [7, 11) is 0. The van der Waals surface area contributed by atoms with Crippen LogP contribution >= 0.6 is 0 Å². The van der Waals surface area contributed by atoms with Crippen molar-refractivity contribution in [3.63, 3.8) is 0 Å². The van der Waals surface area contributed by atoms with Crippen molar-refractivity contribution in [1.82, 2.24) is 0 Å². The van der Waals surface area contributed by atoms with Crippen LogP contribution in [0.3, 0.4) is 0 Å². The maximum absolute atomic E-state index is 12.1. The van der Waals surface area contributed by atoms with Crippen LogP contribution in [0.1, 0.15) is 141 Å². The third-order valence-electron chi connectivity index (χ3n) is 6.89. The van der Waals surface area contributed by atoms with Gasteiger partial charge in [0, 0.05) is 0 Å². The molecule has 0 bridgehead atoms. The van der Waals surface area contributed by atoms with Crippen molar-refractivity contribution in [2.24, 2.45) is 11.8 Å². The summed E-state index contributed by atoms with van der Waals surface area (Å²) in [6, 6.07) is 7.35. The zero-order valence-corrected chi connectivity index (χ0v) is 22.2. The summed E-state index contributed by atoms with van der Waals surface area (Å²) >= 11 is 0. The van der Waals surface area contributed by atoms with Gasteiger partial charge in [-0.2, -0.15) is 0 Å². The third-order valence-corrected chi connectivity index (χ3v) is 6.89. The van der Waals surface area contributed by atoms with Crippen molar-refractivity contribution < 1.29 is 19.8 Å². The standard InChI is InChI=1S/C30H50O4/c1-23(2)17-11-7-5-9-13-21-27(29(31)32)25-19-15-16-20-26(25)28(30(33)34)22-14-10-6-8-12-18-24(3)4/h15-16,19-20,23-24,27-28H,5-14,17-18,21-22H2,1-4H3,(H,31,32)(H,33,34). The lowest BCUT2D eigenvalue weighted by Crippen LogP contribution is -2.19. The highest BCUT2D eigenvalue weighted by molar-refractivity contribution is 5.80. The summed E-state index contributed by atoms with van der Waals surface area (Å²) in [6.07, 6.45) is 14.6. The van der Waals surface area contributed by atoms with Crippen molar-refractivity contribution in [2.75, 3.05) is 0 Å². The van der Waals surface area contributed by atoms with Crippen LogP contribution < -0.4 is 0 Å². The molecule has 2 unspecified atom stereocenters. The number of hydrogen-bond donors (Lipinski definition) is 2. The molecule has 0 fully saturated rings. The first-order valence-electron chi connectivity index (χ1n) is 13.8. The van der Waals surface area contributed by atoms with Crippen molar-refractivity contribution in [3.8, 4) is 0 Å². The fraction of sp³-hybridized carbons (Fsp3) is 0.733. The molecule has 0 aromatic heterocycles. The van der Waals surface area contributed by atoms with Crippen LogP contribution in [0, 0.1) is 11.8 Å². The average molecular weight is 475 g/mol. The molecule has 0 radical (unpaired) electrons. The van der Waals surface area contributed by atoms with Gasteiger partial charge in [-0.3, -0.25) is 9.59 Å². The Morgan fingerprint density at radius 2 is 0.853 bits per heavy atom. The molecule has 1 rings (SSSR count). The molecule has 0 heterocycles. The van der Waals surface area contributed by atoms with Crippen molar-refractivity contribution in [3.05, 3.63) is 35.4 Å². The van der Waals surface area contributed by atoms with Gasteiger partial charge in [0.15, 0.2) is 0 Å². The first-order chi connectivity index (χ1) is 16.2. The first kappa shape index (κ1) is 30.2. The van der Waals surface area contributed by atoms with Gasteiger partial charge in [0.25, 0.3) is 0 Å². The Hall–Kier alpha value is -1.84. The Labute approximate surface area is 208 Å². The summed E-state index contributed by atoms with van der Waals surface area (Å²) in [5.41, 5.74) is 1.39. The molecule has 0 aliphatic rings. The summed E-state index contributed by atoms with van der Waals surface area (Å²) in [5.74, 6) is -1.49. The average Bonchev–Trinajstić information content (AvgIpc) is 2.77. The van der Waals surface area contributed by atoms with Crippen LogP contribution in [0.4, 0.5) is 0 Å². The number of benzene rings is 1. The molecule has 0 saturated heterocycles. The molecular weight excluding hydrogens is 424 g/mol. The second-order valence-corrected chi connectivity index (χ2v) is 10.9. The topological polar surface area (TPSA) is 74.6 Å². The normalized spacial score (nSPS) is 13.4. The molecule has 0 aliphatic carbocycles. The Kier molecular flexibility index (Phi) is 15.6. The maximum Gasteiger partial charge on any atom is 0.310 e. The third kappa shape index (κ3) is 12.6. The van der Waals surface area contributed by atoms with Crippen LogP contribution in [0.5, 0.6) is 0 Å². The second kappa shape index (κ2) is 17.6. The summed E-state index contributed by atoms with van der Waals surface area (Å²) < 4.78 is 0. The number of hydrogen-bond acceptors (Lipinski definition) is 2. The van der Waals surface area contributed by atoms with E-state index in [1.54, 1.807) is 0 Å². The first-order valence-corrected chi connectivity index (χ1v) is 13.8. The van der Waals surface area contributed by atoms with E-state index < -0.39 is 23.8 Å². The molecule has 0 amide bonds. The van der Waals surface area contributed by atoms with Gasteiger partial charge < -0.3 is 10.2 Å². The molecule has 2 N–H and O–H groups in total. The highest BCUT2D eigenvalue weighted by atomic mass is 16.4. The van der Waals surface area contributed by atoms with Gasteiger partial charge in [-0.05, 0) is 35.8 Å². The van der Waals surface area contributed by atoms with Crippen LogP contribution in [-0.4, -0.2) is 22.2 Å². The fourth-order valence-corrected chi connectivity index (χ4v) is 4.83. The molecule has 0 aliphatic heterocycles. The molecule has 0 saturated carbocycles. The molecule has 1 aromatic carbocycles. The summed E-state index contributed by atoms with van der Waals surface area (Å²) in [6.45, 7) is 8.97. The summed E-state index contributed by atoms with van der Waals surface area (Å²) in [4.78, 5) is 24.3. The number of carbonyl (C=O) groups is 2. The van der Waals surface area contributed by atoms with Gasteiger partial charge in [-0.1, -0.05) is 129 Å². The van der Waals surface area contributed by atoms with E-state index in [-0.39, 0.29) is 0 Å². The van der Waals surface area contributed by atoms with Crippen LogP contribution in [0.25, 0.3) is 0 Å². The van der Waals surface area contributed by atoms with Gasteiger partial charge in [-0.15, -0.1) is 0 Å². The van der Waals surface area contributed by atoms with E-state index in [1.807, 2.05) is 24.3 Å². The fourth-order valence-electron chi connectivity index (χ4n) is 4.83. The van der Waals surface area contributed by atoms with Crippen LogP contribution in [0.2, 0.25) is 0 Å². The van der Waals surface area contributed by atoms with E-state index in [2.05, 4.69) is 27.7 Å². The smallest absolute Gasteiger partial charge is 0.310 e. The van der Waals surface area contributed by atoms with Gasteiger partial charge in [0.1, 0.15) is 0 Å². The van der Waals surface area contributed by atoms with Crippen molar-refractivity contribution in [1.29, 1.82) is 0 Å². The number of aliphatic carboxylic acids is 2. The van der Waals surface area contributed by atoms with Crippen LogP contribution in [-0.2, 0) is 9.59 Å². The van der Waals surface area contributed by atoms with Gasteiger partial charge in [0.05, 0.1) is 11.8 Å². The Balaban J connectivity index is 2.68. The molecule has 194 valence electrons. The molecule has 2 atom stereocenters. The minimum Gasteiger partial charge on any atom is -0.481 e. The van der Waals surface area contributed by atoms with Gasteiger partial charge >= 0.3 is 11.9 Å². The maximum atomic E-state index is 12.1. The van der Waals surface area contributed by atoms with Crippen molar-refractivity contribution >= 4 is 11.9 Å². The summed E-state index contributed by atoms with van der Waals surface area (Å²) in [5, 5.41) is 19.9. The number of carboxylic acid groups (broad SMARTS) is 2.